The smallest absolute Gasteiger partial charge is 0.234 e. The van der Waals surface area contributed by atoms with Gasteiger partial charge in [0.2, 0.25) is 11.8 Å². The predicted molar refractivity (Wildman–Crippen MR) is 87.3 cm³/mol. The number of aromatic nitrogens is 2. The summed E-state index contributed by atoms with van der Waals surface area (Å²) in [6.07, 6.45) is 3.39. The van der Waals surface area contributed by atoms with Crippen LogP contribution in [-0.4, -0.2) is 77.8 Å². The van der Waals surface area contributed by atoms with Crippen LogP contribution in [0.25, 0.3) is 0 Å². The number of nitrogens with one attached hydrogen (secondary N) is 1. The molecular formula is C16H27N5O3. The molecule has 1 N–H and O–H groups in total. The minimum absolute atomic E-state index is 0.0857. The summed E-state index contributed by atoms with van der Waals surface area (Å²) in [5.74, 6) is 1.39. The molecule has 2 saturated heterocycles. The van der Waals surface area contributed by atoms with E-state index in [4.69, 9.17) is 9.26 Å². The van der Waals surface area contributed by atoms with Crippen LogP contribution < -0.4 is 5.32 Å². The molecule has 134 valence electrons. The van der Waals surface area contributed by atoms with Crippen molar-refractivity contribution in [3.05, 3.63) is 11.7 Å². The van der Waals surface area contributed by atoms with Gasteiger partial charge in [0.25, 0.3) is 0 Å². The van der Waals surface area contributed by atoms with Crippen LogP contribution in [0.1, 0.15) is 31.0 Å². The molecule has 2 aliphatic rings. The number of hydrogen-bond donors (Lipinski definition) is 1. The van der Waals surface area contributed by atoms with E-state index in [-0.39, 0.29) is 12.0 Å². The second-order valence-electron chi connectivity index (χ2n) is 6.76. The molecule has 8 nitrogen and oxygen atoms in total. The van der Waals surface area contributed by atoms with Gasteiger partial charge in [0.15, 0.2) is 5.82 Å². The molecule has 0 bridgehead atoms. The number of likely N-dealkylation sites (tertiary alicyclic amines) is 1. The van der Waals surface area contributed by atoms with Gasteiger partial charge in [-0.15, -0.1) is 0 Å². The van der Waals surface area contributed by atoms with E-state index >= 15 is 0 Å². The minimum atomic E-state index is 0.0857. The van der Waals surface area contributed by atoms with Crippen molar-refractivity contribution in [1.82, 2.24) is 25.3 Å². The largest absolute Gasteiger partial charge is 0.376 e. The van der Waals surface area contributed by atoms with Crippen LogP contribution in [0.2, 0.25) is 0 Å². The van der Waals surface area contributed by atoms with Gasteiger partial charge in [0.05, 0.1) is 19.2 Å². The van der Waals surface area contributed by atoms with E-state index in [0.717, 1.165) is 39.0 Å². The highest BCUT2D eigenvalue weighted by atomic mass is 16.5. The summed E-state index contributed by atoms with van der Waals surface area (Å²) in [5, 5.41) is 6.93. The average molecular weight is 337 g/mol. The Morgan fingerprint density at radius 3 is 3.04 bits per heavy atom. The zero-order chi connectivity index (χ0) is 16.9. The second-order valence-corrected chi connectivity index (χ2v) is 6.76. The van der Waals surface area contributed by atoms with Crippen LogP contribution in [0.3, 0.4) is 0 Å². The van der Waals surface area contributed by atoms with E-state index in [9.17, 15) is 4.79 Å². The van der Waals surface area contributed by atoms with Crippen molar-refractivity contribution in [3.63, 3.8) is 0 Å². The van der Waals surface area contributed by atoms with Crippen LogP contribution in [0.4, 0.5) is 0 Å². The Morgan fingerprint density at radius 2 is 2.33 bits per heavy atom. The summed E-state index contributed by atoms with van der Waals surface area (Å²) in [6.45, 7) is 6.20. The number of hydrogen-bond acceptors (Lipinski definition) is 7. The van der Waals surface area contributed by atoms with Gasteiger partial charge in [-0.25, -0.2) is 0 Å². The Morgan fingerprint density at radius 1 is 1.46 bits per heavy atom. The summed E-state index contributed by atoms with van der Waals surface area (Å²) >= 11 is 0. The molecule has 2 atom stereocenters. The lowest BCUT2D eigenvalue weighted by Gasteiger charge is -2.23. The first kappa shape index (κ1) is 17.3. The van der Waals surface area contributed by atoms with Crippen LogP contribution >= 0.6 is 0 Å². The van der Waals surface area contributed by atoms with Crippen LogP contribution in [-0.2, 0) is 16.1 Å². The quantitative estimate of drug-likeness (QED) is 0.760. The van der Waals surface area contributed by atoms with E-state index in [0.29, 0.717) is 37.4 Å². The maximum Gasteiger partial charge on any atom is 0.234 e. The van der Waals surface area contributed by atoms with Gasteiger partial charge in [-0.05, 0) is 26.3 Å². The fourth-order valence-electron chi connectivity index (χ4n) is 3.37. The second kappa shape index (κ2) is 8.04. The summed E-state index contributed by atoms with van der Waals surface area (Å²) < 4.78 is 10.5. The van der Waals surface area contributed by atoms with Crippen molar-refractivity contribution in [2.24, 2.45) is 0 Å². The minimum Gasteiger partial charge on any atom is -0.376 e. The highest BCUT2D eigenvalue weighted by molar-refractivity contribution is 5.78. The molecule has 8 heteroatoms. The van der Waals surface area contributed by atoms with Gasteiger partial charge in [0, 0.05) is 39.2 Å². The van der Waals surface area contributed by atoms with Gasteiger partial charge in [-0.2, -0.15) is 4.98 Å². The monoisotopic (exact) mass is 337 g/mol. The molecule has 3 heterocycles. The van der Waals surface area contributed by atoms with E-state index in [2.05, 4.69) is 32.3 Å². The Labute approximate surface area is 142 Å². The topological polar surface area (TPSA) is 83.7 Å². The summed E-state index contributed by atoms with van der Waals surface area (Å²) in [4.78, 5) is 20.7. The third-order valence-electron chi connectivity index (χ3n) is 4.75. The predicted octanol–water partition coefficient (Wildman–Crippen LogP) is 0.179. The molecule has 24 heavy (non-hydrogen) atoms. The third-order valence-corrected chi connectivity index (χ3v) is 4.75. The van der Waals surface area contributed by atoms with Crippen molar-refractivity contribution in [2.45, 2.75) is 44.9 Å². The van der Waals surface area contributed by atoms with Crippen molar-refractivity contribution < 1.29 is 14.1 Å². The van der Waals surface area contributed by atoms with Gasteiger partial charge in [-0.1, -0.05) is 5.16 Å². The highest BCUT2D eigenvalue weighted by Gasteiger charge is 2.27. The average Bonchev–Trinajstić information content (AvgIpc) is 3.27. The van der Waals surface area contributed by atoms with Crippen molar-refractivity contribution >= 4 is 5.91 Å². The number of ether oxygens (including phenoxy) is 1. The fraction of sp³-hybridized carbons (Fsp3) is 0.812. The van der Waals surface area contributed by atoms with E-state index in [1.54, 1.807) is 6.92 Å². The lowest BCUT2D eigenvalue weighted by molar-refractivity contribution is -0.122. The molecule has 0 aromatic carbocycles. The van der Waals surface area contributed by atoms with Crippen molar-refractivity contribution in [1.29, 1.82) is 0 Å². The number of rotatable bonds is 7. The maximum absolute atomic E-state index is 12.1. The Balaban J connectivity index is 1.37. The van der Waals surface area contributed by atoms with E-state index < -0.39 is 0 Å². The van der Waals surface area contributed by atoms with Crippen LogP contribution in [0.5, 0.6) is 0 Å². The van der Waals surface area contributed by atoms with Crippen LogP contribution in [0.15, 0.2) is 4.52 Å². The first-order valence-electron chi connectivity index (χ1n) is 8.70. The van der Waals surface area contributed by atoms with Gasteiger partial charge < -0.3 is 14.6 Å². The first-order valence-corrected chi connectivity index (χ1v) is 8.70. The Hall–Kier alpha value is -1.51. The third kappa shape index (κ3) is 4.75. The van der Waals surface area contributed by atoms with Crippen molar-refractivity contribution in [2.75, 3.05) is 39.8 Å². The number of carbonyl (C=O) groups excluding carboxylic acids is 1. The molecule has 0 spiro atoms. The molecule has 1 aromatic rings. The number of amides is 1. The summed E-state index contributed by atoms with van der Waals surface area (Å²) in [5.41, 5.74) is 0. The molecule has 0 saturated carbocycles. The highest BCUT2D eigenvalue weighted by Crippen LogP contribution is 2.16. The fourth-order valence-corrected chi connectivity index (χ4v) is 3.37. The van der Waals surface area contributed by atoms with Crippen molar-refractivity contribution in [3.8, 4) is 0 Å². The standard InChI is InChI=1S/C16H27N5O3/c1-12-18-15(19-24-12)10-20(2)13-5-6-21(9-13)11-16(22)17-8-14-4-3-7-23-14/h13-14H,3-11H2,1-2H3,(H,17,22). The lowest BCUT2D eigenvalue weighted by Crippen LogP contribution is -2.41. The maximum atomic E-state index is 12.1. The number of likely N-dealkylation sites (N-methyl/N-ethyl adjacent to an activating group) is 1. The van der Waals surface area contributed by atoms with Gasteiger partial charge >= 0.3 is 0 Å². The Bertz CT molecular complexity index is 544. The molecule has 2 aliphatic heterocycles. The number of nitrogens with zero attached hydrogens (tertiary/aromatic N) is 4. The van der Waals surface area contributed by atoms with Gasteiger partial charge in [0.1, 0.15) is 0 Å². The molecule has 3 rings (SSSR count). The zero-order valence-corrected chi connectivity index (χ0v) is 14.5. The molecule has 0 radical (unpaired) electrons. The van der Waals surface area contributed by atoms with Gasteiger partial charge in [-0.3, -0.25) is 14.6 Å². The normalized spacial score (nSPS) is 24.8. The molecule has 1 aromatic heterocycles. The molecule has 1 amide bonds. The SMILES string of the molecule is Cc1nc(CN(C)C2CCN(CC(=O)NCC3CCCO3)C2)no1. The van der Waals surface area contributed by atoms with E-state index in [1.807, 2.05) is 0 Å². The molecule has 2 fully saturated rings. The molecule has 0 aliphatic carbocycles. The molecule has 2 unspecified atom stereocenters. The lowest BCUT2D eigenvalue weighted by atomic mass is 10.2. The number of aryl methyl sites for hydroxylation is 1. The van der Waals surface area contributed by atoms with E-state index in [1.165, 1.54) is 0 Å². The Kier molecular flexibility index (Phi) is 5.80. The summed E-state index contributed by atoms with van der Waals surface area (Å²) in [6, 6.07) is 0.412. The van der Waals surface area contributed by atoms with Crippen LogP contribution in [0, 0.1) is 6.92 Å². The zero-order valence-electron chi connectivity index (χ0n) is 14.5. The molecular weight excluding hydrogens is 310 g/mol. The number of carbonyl (C=O) groups is 1. The first-order chi connectivity index (χ1) is 11.6. The summed E-state index contributed by atoms with van der Waals surface area (Å²) in [7, 11) is 2.07.